The molecule has 2 aromatic heterocycles. The fourth-order valence-corrected chi connectivity index (χ4v) is 6.56. The molecule has 12 heteroatoms. The molecule has 2 N–H and O–H groups in total. The Labute approximate surface area is 214 Å². The molecular formula is C25H22F2N6O3S. The summed E-state index contributed by atoms with van der Waals surface area (Å²) in [7, 11) is 0. The van der Waals surface area contributed by atoms with E-state index in [2.05, 4.69) is 32.4 Å². The first-order valence-corrected chi connectivity index (χ1v) is 12.5. The first kappa shape index (κ1) is 23.6. The van der Waals surface area contributed by atoms with Crippen molar-refractivity contribution in [3.63, 3.8) is 0 Å². The van der Waals surface area contributed by atoms with Crippen molar-refractivity contribution < 1.29 is 23.1 Å². The number of benzene rings is 1. The maximum Gasteiger partial charge on any atom is 0.243 e. The van der Waals surface area contributed by atoms with Gasteiger partial charge in [0.1, 0.15) is 10.8 Å². The molecule has 0 radical (unpaired) electrons. The Hall–Kier alpha value is -3.77. The van der Waals surface area contributed by atoms with Crippen molar-refractivity contribution in [2.45, 2.75) is 38.5 Å². The van der Waals surface area contributed by atoms with Crippen LogP contribution in [0.2, 0.25) is 0 Å². The van der Waals surface area contributed by atoms with Gasteiger partial charge in [-0.1, -0.05) is 17.9 Å². The lowest BCUT2D eigenvalue weighted by Crippen LogP contribution is -2.74. The minimum absolute atomic E-state index is 0.0303. The third-order valence-electron chi connectivity index (χ3n) is 7.12. The highest BCUT2D eigenvalue weighted by atomic mass is 32.1. The summed E-state index contributed by atoms with van der Waals surface area (Å²) in [6.45, 7) is 7.35. The first-order chi connectivity index (χ1) is 17.7. The molecule has 1 aromatic carbocycles. The Morgan fingerprint density at radius 2 is 1.78 bits per heavy atom. The molecule has 0 saturated carbocycles. The number of hydrogen-bond donors (Lipinski definition) is 2. The molecule has 6 rings (SSSR count). The molecule has 3 aromatic rings. The van der Waals surface area contributed by atoms with E-state index in [9.17, 15) is 9.59 Å². The van der Waals surface area contributed by atoms with E-state index in [0.717, 1.165) is 16.9 Å². The zero-order valence-electron chi connectivity index (χ0n) is 19.9. The molecule has 2 amide bonds. The van der Waals surface area contributed by atoms with Gasteiger partial charge < -0.3 is 20.3 Å². The van der Waals surface area contributed by atoms with E-state index in [1.807, 2.05) is 0 Å². The number of aromatic nitrogens is 3. The van der Waals surface area contributed by atoms with Gasteiger partial charge in [-0.2, -0.15) is 0 Å². The highest BCUT2D eigenvalue weighted by Gasteiger charge is 2.62. The van der Waals surface area contributed by atoms with Gasteiger partial charge in [-0.3, -0.25) is 14.6 Å². The number of nitrogens with zero attached hydrogens (tertiary/aromatic N) is 4. The number of halogens is 2. The van der Waals surface area contributed by atoms with Crippen molar-refractivity contribution in [2.24, 2.45) is 5.41 Å². The van der Waals surface area contributed by atoms with E-state index in [1.54, 1.807) is 43.3 Å². The molecule has 37 heavy (non-hydrogen) atoms. The van der Waals surface area contributed by atoms with Crippen molar-refractivity contribution in [1.82, 2.24) is 25.8 Å². The molecular weight excluding hydrogens is 502 g/mol. The van der Waals surface area contributed by atoms with E-state index in [1.165, 1.54) is 6.07 Å². The van der Waals surface area contributed by atoms with Crippen molar-refractivity contribution in [3.05, 3.63) is 60.2 Å². The van der Waals surface area contributed by atoms with E-state index < -0.39 is 41.0 Å². The van der Waals surface area contributed by atoms with Crippen LogP contribution in [-0.2, 0) is 20.7 Å². The van der Waals surface area contributed by atoms with E-state index in [0.29, 0.717) is 10.6 Å². The summed E-state index contributed by atoms with van der Waals surface area (Å²) < 4.78 is 37.4. The molecule has 0 aliphatic carbocycles. The number of hydrogen-bond acceptors (Lipinski definition) is 8. The summed E-state index contributed by atoms with van der Waals surface area (Å²) in [5, 5.41) is 14.2. The second-order valence-corrected chi connectivity index (χ2v) is 10.5. The molecule has 1 spiro atoms. The van der Waals surface area contributed by atoms with Crippen LogP contribution in [0.3, 0.4) is 0 Å². The topological polar surface area (TPSA) is 109 Å². The van der Waals surface area contributed by atoms with Crippen molar-refractivity contribution >= 4 is 28.8 Å². The van der Waals surface area contributed by atoms with E-state index in [4.69, 9.17) is 4.74 Å². The quantitative estimate of drug-likeness (QED) is 0.496. The highest BCUT2D eigenvalue weighted by molar-refractivity contribution is 7.17. The summed E-state index contributed by atoms with van der Waals surface area (Å²) in [6.07, 6.45) is 2.09. The molecule has 2 unspecified atom stereocenters. The summed E-state index contributed by atoms with van der Waals surface area (Å²) in [5.74, 6) is -3.18. The molecule has 3 aliphatic rings. The van der Waals surface area contributed by atoms with Crippen molar-refractivity contribution in [1.29, 1.82) is 0 Å². The highest BCUT2D eigenvalue weighted by Crippen LogP contribution is 2.49. The Morgan fingerprint density at radius 1 is 1.11 bits per heavy atom. The summed E-state index contributed by atoms with van der Waals surface area (Å²) >= 11 is 1.10. The van der Waals surface area contributed by atoms with Crippen LogP contribution < -0.4 is 15.5 Å². The number of pyridine rings is 1. The fraction of sp³-hybridized carbons (Fsp3) is 0.320. The number of carbonyl (C=O) groups is 2. The molecule has 9 nitrogen and oxygen atoms in total. The van der Waals surface area contributed by atoms with E-state index in [-0.39, 0.29) is 41.1 Å². The maximum absolute atomic E-state index is 15.9. The number of anilines is 1. The van der Waals surface area contributed by atoms with Gasteiger partial charge in [0.15, 0.2) is 22.1 Å². The number of ether oxygens (including phenoxy) is 1. The van der Waals surface area contributed by atoms with Crippen LogP contribution in [0.1, 0.15) is 19.4 Å². The van der Waals surface area contributed by atoms with Gasteiger partial charge in [0, 0.05) is 30.9 Å². The second kappa shape index (κ2) is 8.38. The zero-order valence-corrected chi connectivity index (χ0v) is 20.7. The Kier molecular flexibility index (Phi) is 5.35. The first-order valence-electron chi connectivity index (χ1n) is 11.7. The van der Waals surface area contributed by atoms with Gasteiger partial charge in [-0.25, -0.2) is 8.78 Å². The second-order valence-electron chi connectivity index (χ2n) is 9.49. The maximum atomic E-state index is 15.9. The average Bonchev–Trinajstić information content (AvgIpc) is 3.34. The Balaban J connectivity index is 1.52. The molecule has 2 saturated heterocycles. The molecule has 190 valence electrons. The fourth-order valence-electron chi connectivity index (χ4n) is 5.70. The standard InChI is InChI=1S/C25H22F2N6O3S/c1-11-10-33-19-15(9-25(20(33)12(2)36-11)23(34)29-13(3)30-24(25)35)8-16(17(26)18(19)27)22-32-31-21(37-22)14-4-6-28-7-5-14/h4-8,11-12,20H,3,9-10H2,1-2H3,(H,29,34)(H,30,35)/t11?,12?,20-/m0/s1. The van der Waals surface area contributed by atoms with Crippen LogP contribution in [0, 0.1) is 17.0 Å². The predicted molar refractivity (Wildman–Crippen MR) is 131 cm³/mol. The number of carbonyl (C=O) groups excluding carboxylic acids is 2. The average molecular weight is 525 g/mol. The summed E-state index contributed by atoms with van der Waals surface area (Å²) in [5.41, 5.74) is -0.629. The number of amides is 2. The minimum atomic E-state index is -1.64. The van der Waals surface area contributed by atoms with Crippen LogP contribution in [0.5, 0.6) is 0 Å². The van der Waals surface area contributed by atoms with Gasteiger partial charge in [0.05, 0.1) is 29.5 Å². The zero-order chi connectivity index (χ0) is 26.1. The SMILES string of the molecule is C=C1NC(=O)C2(Cc3cc(-c4nnc(-c5ccncc5)s4)c(F)c(F)c3N3CC(C)OC(C)[C@H]32)C(=O)N1. The monoisotopic (exact) mass is 524 g/mol. The van der Waals surface area contributed by atoms with Crippen LogP contribution in [-0.4, -0.2) is 51.8 Å². The van der Waals surface area contributed by atoms with Crippen LogP contribution in [0.25, 0.3) is 21.1 Å². The molecule has 0 bridgehead atoms. The minimum Gasteiger partial charge on any atom is -0.372 e. The summed E-state index contributed by atoms with van der Waals surface area (Å²) in [4.78, 5) is 32.5. The van der Waals surface area contributed by atoms with E-state index >= 15 is 8.78 Å². The lowest BCUT2D eigenvalue weighted by molar-refractivity contribution is -0.154. The smallest absolute Gasteiger partial charge is 0.243 e. The third kappa shape index (κ3) is 3.46. The molecule has 5 heterocycles. The van der Waals surface area contributed by atoms with Gasteiger partial charge in [-0.05, 0) is 37.6 Å². The van der Waals surface area contributed by atoms with Crippen molar-refractivity contribution in [3.8, 4) is 21.1 Å². The summed E-state index contributed by atoms with van der Waals surface area (Å²) in [6, 6.07) is 4.10. The normalized spacial score (nSPS) is 24.4. The van der Waals surface area contributed by atoms with Crippen LogP contribution in [0.4, 0.5) is 14.5 Å². The lowest BCUT2D eigenvalue weighted by atomic mass is 9.66. The van der Waals surface area contributed by atoms with Gasteiger partial charge >= 0.3 is 0 Å². The molecule has 3 atom stereocenters. The molecule has 3 aliphatic heterocycles. The number of morpholine rings is 1. The van der Waals surface area contributed by atoms with Gasteiger partial charge in [-0.15, -0.1) is 10.2 Å². The third-order valence-corrected chi connectivity index (χ3v) is 8.13. The van der Waals surface area contributed by atoms with Gasteiger partial charge in [0.2, 0.25) is 11.8 Å². The number of rotatable bonds is 2. The largest absolute Gasteiger partial charge is 0.372 e. The van der Waals surface area contributed by atoms with Crippen LogP contribution in [0.15, 0.2) is 43.0 Å². The van der Waals surface area contributed by atoms with Crippen molar-refractivity contribution in [2.75, 3.05) is 11.4 Å². The Morgan fingerprint density at radius 3 is 2.49 bits per heavy atom. The van der Waals surface area contributed by atoms with Gasteiger partial charge in [0.25, 0.3) is 0 Å². The lowest BCUT2D eigenvalue weighted by Gasteiger charge is -2.55. The van der Waals surface area contributed by atoms with Crippen LogP contribution >= 0.6 is 11.3 Å². The number of nitrogens with one attached hydrogen (secondary N) is 2. The number of fused-ring (bicyclic) bond motifs is 4. The Bertz CT molecular complexity index is 1440. The predicted octanol–water partition coefficient (Wildman–Crippen LogP) is 2.79. The molecule has 2 fully saturated rings.